The molecule has 51 heavy (non-hydrogen) atoms. The maximum Gasteiger partial charge on any atom is 0.488 e. The Hall–Kier alpha value is -5.67. The number of Topliss-reactive ketones (excluding diaryl/α,β-unsaturated/α-hetero) is 1. The van der Waals surface area contributed by atoms with Crippen molar-refractivity contribution in [1.82, 2.24) is 25.4 Å². The largest absolute Gasteiger partial charge is 0.488 e. The van der Waals surface area contributed by atoms with Gasteiger partial charge in [-0.2, -0.15) is 0 Å². The molecule has 0 radical (unpaired) electrons. The van der Waals surface area contributed by atoms with Crippen LogP contribution in [0.1, 0.15) is 53.3 Å². The highest BCUT2D eigenvalue weighted by Gasteiger charge is 2.34. The number of unbranched alkanes of at least 4 members (excludes halogenated alkanes) is 3. The first-order chi connectivity index (χ1) is 24.6. The Bertz CT molecular complexity index is 1870. The van der Waals surface area contributed by atoms with Crippen LogP contribution in [-0.4, -0.2) is 100 Å². The fourth-order valence-electron chi connectivity index (χ4n) is 6.03. The van der Waals surface area contributed by atoms with E-state index in [4.69, 9.17) is 0 Å². The number of nitrogens with zero attached hydrogens (tertiary/aromatic N) is 2. The van der Waals surface area contributed by atoms with Gasteiger partial charge in [0.25, 0.3) is 17.6 Å². The number of rotatable bonds is 13. The van der Waals surface area contributed by atoms with Gasteiger partial charge in [0.15, 0.2) is 0 Å². The number of H-pyrrole nitrogens is 1. The fourth-order valence-corrected chi connectivity index (χ4v) is 6.03. The molecule has 1 aliphatic rings. The molecule has 2 heterocycles. The van der Waals surface area contributed by atoms with Crippen LogP contribution in [0.5, 0.6) is 0 Å². The van der Waals surface area contributed by atoms with Gasteiger partial charge in [-0.3, -0.25) is 14.4 Å². The molecule has 1 aliphatic heterocycles. The zero-order valence-corrected chi connectivity index (χ0v) is 28.4. The number of para-hydroxylation sites is 1. The van der Waals surface area contributed by atoms with Crippen molar-refractivity contribution in [3.05, 3.63) is 90.1 Å². The zero-order valence-electron chi connectivity index (χ0n) is 28.4. The summed E-state index contributed by atoms with van der Waals surface area (Å²) in [5.74, 6) is -1.42. The number of benzene rings is 3. The molecule has 1 fully saturated rings. The number of fused-ring (bicyclic) bond motifs is 1. The fraction of sp³-hybridized carbons (Fsp3) is 0.306. The molecule has 0 bridgehead atoms. The number of anilines is 2. The molecular weight excluding hydrogens is 653 g/mol. The lowest BCUT2D eigenvalue weighted by Crippen LogP contribution is -2.56. The summed E-state index contributed by atoms with van der Waals surface area (Å²) in [5.41, 5.74) is 2.49. The quantitative estimate of drug-likeness (QED) is 0.0483. The first-order valence-electron chi connectivity index (χ1n) is 17.0. The van der Waals surface area contributed by atoms with Gasteiger partial charge in [-0.25, -0.2) is 9.59 Å². The van der Waals surface area contributed by atoms with E-state index >= 15 is 0 Å². The first-order valence-corrected chi connectivity index (χ1v) is 17.0. The Balaban J connectivity index is 1.02. The standard InChI is InChI=1S/C36H42BN7O7/c1-24-23-43(33(46)25-11-5-4-6-12-25)19-20-44(24)34(47)32(45)29-22-40-31-28(29)15-10-16-30(31)42-36(49)39-18-8-3-2-7-17-38-35(48)41-27-14-9-13-26(21-27)37(50)51/h4-6,9-16,21-22,24,40,50-51H,2-3,7-8,17-20,23H2,1H3,(H2,38,41,48)(H2,39,42,49). The molecule has 15 heteroatoms. The van der Waals surface area contributed by atoms with E-state index in [2.05, 4.69) is 26.3 Å². The topological polar surface area (TPSA) is 196 Å². The lowest BCUT2D eigenvalue weighted by atomic mass is 9.80. The number of carbonyl (C=O) groups excluding carboxylic acids is 5. The summed E-state index contributed by atoms with van der Waals surface area (Å²) in [6, 6.07) is 19.2. The molecule has 0 aliphatic carbocycles. The number of amides is 6. The van der Waals surface area contributed by atoms with E-state index in [0.29, 0.717) is 54.0 Å². The summed E-state index contributed by atoms with van der Waals surface area (Å²) in [7, 11) is -1.61. The summed E-state index contributed by atoms with van der Waals surface area (Å²) in [4.78, 5) is 70.7. The number of hydrogen-bond donors (Lipinski definition) is 7. The van der Waals surface area contributed by atoms with E-state index in [1.165, 1.54) is 17.2 Å². The molecule has 6 amide bonds. The van der Waals surface area contributed by atoms with Crippen molar-refractivity contribution in [2.24, 2.45) is 0 Å². The maximum atomic E-state index is 13.4. The van der Waals surface area contributed by atoms with Gasteiger partial charge in [0.1, 0.15) is 0 Å². The van der Waals surface area contributed by atoms with E-state index in [0.717, 1.165) is 25.7 Å². The number of ketones is 1. The third-order valence-electron chi connectivity index (χ3n) is 8.72. The van der Waals surface area contributed by atoms with Gasteiger partial charge < -0.3 is 46.1 Å². The van der Waals surface area contributed by atoms with Crippen LogP contribution in [0, 0.1) is 0 Å². The van der Waals surface area contributed by atoms with Crippen LogP contribution in [0.4, 0.5) is 21.0 Å². The van der Waals surface area contributed by atoms with Crippen LogP contribution < -0.4 is 26.7 Å². The second-order valence-electron chi connectivity index (χ2n) is 12.4. The molecule has 14 nitrogen and oxygen atoms in total. The normalized spacial score (nSPS) is 14.1. The second-order valence-corrected chi connectivity index (χ2v) is 12.4. The predicted octanol–water partition coefficient (Wildman–Crippen LogP) is 2.91. The van der Waals surface area contributed by atoms with Crippen molar-refractivity contribution < 1.29 is 34.0 Å². The first kappa shape index (κ1) is 36.6. The van der Waals surface area contributed by atoms with Gasteiger partial charge in [0, 0.05) is 61.6 Å². The molecule has 5 rings (SSSR count). The molecule has 1 unspecified atom stereocenters. The van der Waals surface area contributed by atoms with Gasteiger partial charge in [-0.1, -0.05) is 55.3 Å². The van der Waals surface area contributed by atoms with Crippen LogP contribution in [-0.2, 0) is 4.79 Å². The van der Waals surface area contributed by atoms with E-state index in [9.17, 15) is 34.0 Å². The second kappa shape index (κ2) is 17.3. The summed E-state index contributed by atoms with van der Waals surface area (Å²) in [5, 5.41) is 30.1. The third-order valence-corrected chi connectivity index (χ3v) is 8.72. The van der Waals surface area contributed by atoms with Crippen LogP contribution in [0.15, 0.2) is 79.0 Å². The molecule has 1 atom stereocenters. The van der Waals surface area contributed by atoms with E-state index in [1.54, 1.807) is 65.6 Å². The van der Waals surface area contributed by atoms with Crippen molar-refractivity contribution in [3.8, 4) is 0 Å². The molecule has 266 valence electrons. The van der Waals surface area contributed by atoms with Crippen LogP contribution in [0.25, 0.3) is 10.9 Å². The maximum absolute atomic E-state index is 13.4. The van der Waals surface area contributed by atoms with Gasteiger partial charge in [-0.05, 0) is 55.6 Å². The summed E-state index contributed by atoms with van der Waals surface area (Å²) in [6.45, 7) is 3.60. The van der Waals surface area contributed by atoms with Crippen LogP contribution in [0.2, 0.25) is 0 Å². The van der Waals surface area contributed by atoms with Crippen LogP contribution >= 0.6 is 0 Å². The molecule has 0 spiro atoms. The van der Waals surface area contributed by atoms with Gasteiger partial charge >= 0.3 is 19.2 Å². The van der Waals surface area contributed by atoms with Crippen molar-refractivity contribution in [1.29, 1.82) is 0 Å². The third kappa shape index (κ3) is 9.53. The Labute approximate surface area is 295 Å². The Morgan fingerprint density at radius 3 is 2.20 bits per heavy atom. The highest BCUT2D eigenvalue weighted by molar-refractivity contribution is 6.58. The summed E-state index contributed by atoms with van der Waals surface area (Å²) < 4.78 is 0. The number of hydrogen-bond acceptors (Lipinski definition) is 7. The number of nitrogens with one attached hydrogen (secondary N) is 5. The van der Waals surface area contributed by atoms with Crippen molar-refractivity contribution >= 4 is 64.5 Å². The smallest absolute Gasteiger partial charge is 0.423 e. The highest BCUT2D eigenvalue weighted by atomic mass is 16.4. The molecule has 1 saturated heterocycles. The average molecular weight is 696 g/mol. The Morgan fingerprint density at radius 2 is 1.51 bits per heavy atom. The summed E-state index contributed by atoms with van der Waals surface area (Å²) >= 11 is 0. The number of urea groups is 2. The zero-order chi connectivity index (χ0) is 36.3. The van der Waals surface area contributed by atoms with Gasteiger partial charge in [-0.15, -0.1) is 0 Å². The van der Waals surface area contributed by atoms with Crippen LogP contribution in [0.3, 0.4) is 0 Å². The highest BCUT2D eigenvalue weighted by Crippen LogP contribution is 2.27. The lowest BCUT2D eigenvalue weighted by molar-refractivity contribution is -0.130. The molecular formula is C36H42BN7O7. The molecule has 1 aromatic heterocycles. The predicted molar refractivity (Wildman–Crippen MR) is 195 cm³/mol. The monoisotopic (exact) mass is 695 g/mol. The van der Waals surface area contributed by atoms with E-state index < -0.39 is 24.8 Å². The Kier molecular flexibility index (Phi) is 12.4. The number of carbonyl (C=O) groups is 5. The average Bonchev–Trinajstić information content (AvgIpc) is 3.57. The molecule has 3 aromatic carbocycles. The van der Waals surface area contributed by atoms with Crippen molar-refractivity contribution in [2.45, 2.75) is 38.6 Å². The Morgan fingerprint density at radius 1 is 0.824 bits per heavy atom. The van der Waals surface area contributed by atoms with Gasteiger partial charge in [0.05, 0.1) is 16.8 Å². The minimum absolute atomic E-state index is 0.111. The van der Waals surface area contributed by atoms with Crippen molar-refractivity contribution in [3.63, 3.8) is 0 Å². The minimum atomic E-state index is -1.61. The minimum Gasteiger partial charge on any atom is -0.423 e. The van der Waals surface area contributed by atoms with Gasteiger partial charge in [0.2, 0.25) is 0 Å². The molecule has 0 saturated carbocycles. The van der Waals surface area contributed by atoms with Crippen molar-refractivity contribution in [2.75, 3.05) is 43.4 Å². The SMILES string of the molecule is CC1CN(C(=O)c2ccccc2)CCN1C(=O)C(=O)c1c[nH]c2c(NC(=O)NCCCCCCNC(=O)Nc3cccc(B(O)O)c3)cccc12. The lowest BCUT2D eigenvalue weighted by Gasteiger charge is -2.39. The molecule has 7 N–H and O–H groups in total. The molecule has 4 aromatic rings. The summed E-state index contributed by atoms with van der Waals surface area (Å²) in [6.07, 6.45) is 4.63. The number of aromatic amines is 1. The number of piperazine rings is 1. The van der Waals surface area contributed by atoms with E-state index in [1.807, 2.05) is 13.0 Å². The van der Waals surface area contributed by atoms with E-state index in [-0.39, 0.29) is 35.6 Å². The number of aromatic nitrogens is 1.